The topological polar surface area (TPSA) is 104 Å². The SMILES string of the molecule is Cc1cc(C)c(Oc2nc(N)ncc2Br)c([N+](=O)[O-])c1. The number of rotatable bonds is 3. The van der Waals surface area contributed by atoms with Crippen molar-refractivity contribution in [1.29, 1.82) is 0 Å². The second-order valence-corrected chi connectivity index (χ2v) is 5.02. The van der Waals surface area contributed by atoms with E-state index < -0.39 is 4.92 Å². The van der Waals surface area contributed by atoms with Gasteiger partial charge in [-0.15, -0.1) is 0 Å². The highest BCUT2D eigenvalue weighted by atomic mass is 79.9. The first-order chi connectivity index (χ1) is 9.38. The molecule has 0 aliphatic rings. The molecule has 20 heavy (non-hydrogen) atoms. The van der Waals surface area contributed by atoms with Crippen molar-refractivity contribution >= 4 is 27.6 Å². The number of aromatic nitrogens is 2. The zero-order chi connectivity index (χ0) is 14.9. The van der Waals surface area contributed by atoms with Crippen LogP contribution in [0.2, 0.25) is 0 Å². The first-order valence-corrected chi connectivity index (χ1v) is 6.39. The molecule has 0 atom stereocenters. The van der Waals surface area contributed by atoms with Gasteiger partial charge >= 0.3 is 5.69 Å². The molecule has 0 aliphatic heterocycles. The molecule has 0 fully saturated rings. The fraction of sp³-hybridized carbons (Fsp3) is 0.167. The van der Waals surface area contributed by atoms with E-state index in [1.165, 1.54) is 12.3 Å². The molecule has 7 nitrogen and oxygen atoms in total. The summed E-state index contributed by atoms with van der Waals surface area (Å²) in [4.78, 5) is 18.3. The van der Waals surface area contributed by atoms with Crippen LogP contribution < -0.4 is 10.5 Å². The van der Waals surface area contributed by atoms with E-state index in [9.17, 15) is 10.1 Å². The maximum Gasteiger partial charge on any atom is 0.312 e. The number of nitro groups is 1. The minimum absolute atomic E-state index is 0.0237. The lowest BCUT2D eigenvalue weighted by Crippen LogP contribution is -2.01. The second-order valence-electron chi connectivity index (χ2n) is 4.17. The largest absolute Gasteiger partial charge is 0.430 e. The molecule has 8 heteroatoms. The van der Waals surface area contributed by atoms with E-state index in [-0.39, 0.29) is 23.3 Å². The summed E-state index contributed by atoms with van der Waals surface area (Å²) in [6.45, 7) is 3.51. The number of nitrogen functional groups attached to an aromatic ring is 1. The van der Waals surface area contributed by atoms with Gasteiger partial charge in [0.05, 0.1) is 15.6 Å². The Hall–Kier alpha value is -2.22. The Morgan fingerprint density at radius 3 is 2.75 bits per heavy atom. The molecule has 2 aromatic rings. The quantitative estimate of drug-likeness (QED) is 0.680. The molecule has 0 amide bonds. The molecule has 0 radical (unpaired) electrons. The number of ether oxygens (including phenoxy) is 1. The van der Waals surface area contributed by atoms with Crippen LogP contribution in [-0.2, 0) is 0 Å². The molecule has 1 aromatic heterocycles. The van der Waals surface area contributed by atoms with E-state index in [0.717, 1.165) is 5.56 Å². The molecular formula is C12H11BrN4O3. The van der Waals surface area contributed by atoms with Crippen molar-refractivity contribution in [3.63, 3.8) is 0 Å². The highest BCUT2D eigenvalue weighted by Gasteiger charge is 2.20. The molecule has 0 spiro atoms. The van der Waals surface area contributed by atoms with Crippen molar-refractivity contribution in [3.05, 3.63) is 44.0 Å². The third-order valence-electron chi connectivity index (χ3n) is 2.53. The van der Waals surface area contributed by atoms with Crippen LogP contribution in [0.3, 0.4) is 0 Å². The summed E-state index contributed by atoms with van der Waals surface area (Å²) in [6.07, 6.45) is 1.42. The molecular weight excluding hydrogens is 328 g/mol. The average molecular weight is 339 g/mol. The summed E-state index contributed by atoms with van der Waals surface area (Å²) in [7, 11) is 0. The molecule has 0 saturated carbocycles. The van der Waals surface area contributed by atoms with Gasteiger partial charge in [-0.25, -0.2) is 4.98 Å². The number of benzene rings is 1. The van der Waals surface area contributed by atoms with Gasteiger partial charge in [0.25, 0.3) is 0 Å². The van der Waals surface area contributed by atoms with Gasteiger partial charge in [-0.2, -0.15) is 4.98 Å². The lowest BCUT2D eigenvalue weighted by atomic mass is 10.1. The number of hydrogen-bond donors (Lipinski definition) is 1. The fourth-order valence-corrected chi connectivity index (χ4v) is 2.00. The number of halogens is 1. The van der Waals surface area contributed by atoms with Crippen LogP contribution in [-0.4, -0.2) is 14.9 Å². The summed E-state index contributed by atoms with van der Waals surface area (Å²) < 4.78 is 6.01. The van der Waals surface area contributed by atoms with Crippen LogP contribution in [0.5, 0.6) is 11.6 Å². The average Bonchev–Trinajstić information content (AvgIpc) is 2.36. The number of nitro benzene ring substituents is 1. The minimum atomic E-state index is -0.492. The van der Waals surface area contributed by atoms with Crippen LogP contribution in [0.25, 0.3) is 0 Å². The van der Waals surface area contributed by atoms with Gasteiger partial charge in [0.15, 0.2) is 0 Å². The second kappa shape index (κ2) is 5.41. The Bertz CT molecular complexity index is 691. The number of nitrogens with two attached hydrogens (primary N) is 1. The van der Waals surface area contributed by atoms with Crippen LogP contribution >= 0.6 is 15.9 Å². The van der Waals surface area contributed by atoms with Gasteiger partial charge in [0.1, 0.15) is 0 Å². The zero-order valence-electron chi connectivity index (χ0n) is 10.8. The standard InChI is InChI=1S/C12H11BrN4O3/c1-6-3-7(2)10(9(4-6)17(18)19)20-11-8(13)5-15-12(14)16-11/h3-5H,1-2H3,(H2,14,15,16). The first kappa shape index (κ1) is 14.2. The predicted octanol–water partition coefficient (Wildman–Crippen LogP) is 3.14. The summed E-state index contributed by atoms with van der Waals surface area (Å²) in [5, 5.41) is 11.1. The van der Waals surface area contributed by atoms with E-state index >= 15 is 0 Å². The minimum Gasteiger partial charge on any atom is -0.430 e. The van der Waals surface area contributed by atoms with E-state index in [1.54, 1.807) is 19.9 Å². The smallest absolute Gasteiger partial charge is 0.312 e. The van der Waals surface area contributed by atoms with E-state index in [0.29, 0.717) is 10.0 Å². The van der Waals surface area contributed by atoms with Crippen molar-refractivity contribution in [1.82, 2.24) is 9.97 Å². The maximum atomic E-state index is 11.1. The number of anilines is 1. The fourth-order valence-electron chi connectivity index (χ4n) is 1.73. The summed E-state index contributed by atoms with van der Waals surface area (Å²) in [5.41, 5.74) is 6.79. The summed E-state index contributed by atoms with van der Waals surface area (Å²) >= 11 is 3.21. The lowest BCUT2D eigenvalue weighted by molar-refractivity contribution is -0.385. The summed E-state index contributed by atoms with van der Waals surface area (Å²) in [5.74, 6) is 0.294. The molecule has 2 rings (SSSR count). The number of hydrogen-bond acceptors (Lipinski definition) is 6. The zero-order valence-corrected chi connectivity index (χ0v) is 12.3. The third-order valence-corrected chi connectivity index (χ3v) is 3.07. The molecule has 0 bridgehead atoms. The van der Waals surface area contributed by atoms with Gasteiger partial charge < -0.3 is 10.5 Å². The Morgan fingerprint density at radius 2 is 2.10 bits per heavy atom. The van der Waals surface area contributed by atoms with Crippen LogP contribution in [0.1, 0.15) is 11.1 Å². The van der Waals surface area contributed by atoms with Gasteiger partial charge in [-0.1, -0.05) is 6.07 Å². The van der Waals surface area contributed by atoms with Crippen LogP contribution in [0.4, 0.5) is 11.6 Å². The summed E-state index contributed by atoms with van der Waals surface area (Å²) in [6, 6.07) is 3.24. The molecule has 104 valence electrons. The van der Waals surface area contributed by atoms with Gasteiger partial charge in [-0.3, -0.25) is 10.1 Å². The Morgan fingerprint density at radius 1 is 1.40 bits per heavy atom. The van der Waals surface area contributed by atoms with Gasteiger partial charge in [0, 0.05) is 6.07 Å². The van der Waals surface area contributed by atoms with Gasteiger partial charge in [-0.05, 0) is 40.9 Å². The molecule has 0 saturated heterocycles. The van der Waals surface area contributed by atoms with E-state index in [4.69, 9.17) is 10.5 Å². The van der Waals surface area contributed by atoms with Gasteiger partial charge in [0.2, 0.25) is 17.6 Å². The van der Waals surface area contributed by atoms with Crippen LogP contribution in [0, 0.1) is 24.0 Å². The molecule has 1 aromatic carbocycles. The normalized spacial score (nSPS) is 10.3. The van der Waals surface area contributed by atoms with Crippen molar-refractivity contribution < 1.29 is 9.66 Å². The predicted molar refractivity (Wildman–Crippen MR) is 76.8 cm³/mol. The first-order valence-electron chi connectivity index (χ1n) is 5.60. The third kappa shape index (κ3) is 2.85. The highest BCUT2D eigenvalue weighted by Crippen LogP contribution is 2.37. The molecule has 2 N–H and O–H groups in total. The number of nitrogens with zero attached hydrogens (tertiary/aromatic N) is 3. The number of aryl methyl sites for hydroxylation is 2. The Labute approximate surface area is 123 Å². The Balaban J connectivity index is 2.53. The van der Waals surface area contributed by atoms with Crippen molar-refractivity contribution in [2.45, 2.75) is 13.8 Å². The monoisotopic (exact) mass is 338 g/mol. The van der Waals surface area contributed by atoms with Crippen LogP contribution in [0.15, 0.2) is 22.8 Å². The maximum absolute atomic E-state index is 11.1. The van der Waals surface area contributed by atoms with Crippen molar-refractivity contribution in [2.24, 2.45) is 0 Å². The highest BCUT2D eigenvalue weighted by molar-refractivity contribution is 9.10. The van der Waals surface area contributed by atoms with E-state index in [2.05, 4.69) is 25.9 Å². The van der Waals surface area contributed by atoms with Crippen molar-refractivity contribution in [2.75, 3.05) is 5.73 Å². The lowest BCUT2D eigenvalue weighted by Gasteiger charge is -2.10. The molecule has 1 heterocycles. The van der Waals surface area contributed by atoms with Crippen molar-refractivity contribution in [3.8, 4) is 11.6 Å². The molecule has 0 unspecified atom stereocenters. The molecule has 0 aliphatic carbocycles. The van der Waals surface area contributed by atoms with E-state index in [1.807, 2.05) is 0 Å². The Kier molecular flexibility index (Phi) is 3.84.